The van der Waals surface area contributed by atoms with Crippen molar-refractivity contribution in [3.05, 3.63) is 81.6 Å². The summed E-state index contributed by atoms with van der Waals surface area (Å²) >= 11 is 0. The lowest BCUT2D eigenvalue weighted by molar-refractivity contribution is -0.122. The van der Waals surface area contributed by atoms with E-state index in [1.165, 1.54) is 23.7 Å². The minimum atomic E-state index is -0.871. The van der Waals surface area contributed by atoms with Crippen molar-refractivity contribution in [2.75, 3.05) is 5.32 Å². The highest BCUT2D eigenvalue weighted by molar-refractivity contribution is 5.98. The number of aryl methyl sites for hydroxylation is 2. The molecule has 1 N–H and O–H groups in total. The van der Waals surface area contributed by atoms with Crippen LogP contribution in [-0.4, -0.2) is 27.6 Å². The molecule has 0 radical (unpaired) electrons. The van der Waals surface area contributed by atoms with Gasteiger partial charge >= 0.3 is 0 Å². The molecule has 0 saturated heterocycles. The first-order valence-corrected chi connectivity index (χ1v) is 9.51. The Labute approximate surface area is 174 Å². The molecule has 0 fully saturated rings. The first-order valence-electron chi connectivity index (χ1n) is 9.51. The predicted molar refractivity (Wildman–Crippen MR) is 114 cm³/mol. The second-order valence-corrected chi connectivity index (χ2v) is 7.08. The molecule has 154 valence electrons. The highest BCUT2D eigenvalue weighted by atomic mass is 16.5. The molecule has 30 heavy (non-hydrogen) atoms. The fourth-order valence-corrected chi connectivity index (χ4v) is 2.79. The number of hydrogen-bond donors (Lipinski definition) is 1. The van der Waals surface area contributed by atoms with Crippen LogP contribution in [0.5, 0.6) is 5.88 Å². The van der Waals surface area contributed by atoms with E-state index < -0.39 is 12.0 Å². The summed E-state index contributed by atoms with van der Waals surface area (Å²) in [4.78, 5) is 36.2. The first-order chi connectivity index (χ1) is 14.2. The van der Waals surface area contributed by atoms with Crippen molar-refractivity contribution in [3.8, 4) is 11.6 Å². The van der Waals surface area contributed by atoms with Crippen molar-refractivity contribution in [3.63, 3.8) is 0 Å². The maximum atomic E-state index is 12.5. The van der Waals surface area contributed by atoms with Crippen LogP contribution >= 0.6 is 0 Å². The van der Waals surface area contributed by atoms with E-state index in [0.29, 0.717) is 16.9 Å². The fraction of sp³-hybridized carbons (Fsp3) is 0.217. The Bertz CT molecular complexity index is 1170. The molecule has 0 aliphatic rings. The number of aromatic nitrogens is 2. The zero-order chi connectivity index (χ0) is 21.8. The SMILES string of the molecule is CC(=O)c1cccc(NC(=O)[C@@H](C)Oc2ccc(=O)n(-c3ccc(C)c(C)c3)n2)c1. The Morgan fingerprint density at radius 2 is 1.80 bits per heavy atom. The van der Waals surface area contributed by atoms with Crippen LogP contribution in [0.15, 0.2) is 59.4 Å². The van der Waals surface area contributed by atoms with Gasteiger partial charge in [0.25, 0.3) is 11.5 Å². The van der Waals surface area contributed by atoms with Crippen molar-refractivity contribution < 1.29 is 14.3 Å². The van der Waals surface area contributed by atoms with Crippen LogP contribution in [-0.2, 0) is 4.79 Å². The van der Waals surface area contributed by atoms with E-state index in [1.54, 1.807) is 37.3 Å². The number of benzene rings is 2. The second kappa shape index (κ2) is 8.73. The molecule has 7 heteroatoms. The first kappa shape index (κ1) is 21.0. The lowest BCUT2D eigenvalue weighted by Crippen LogP contribution is -2.31. The van der Waals surface area contributed by atoms with E-state index >= 15 is 0 Å². The summed E-state index contributed by atoms with van der Waals surface area (Å²) in [6.07, 6.45) is -0.871. The third kappa shape index (κ3) is 4.81. The summed E-state index contributed by atoms with van der Waals surface area (Å²) in [5.74, 6) is -0.345. The molecule has 0 spiro atoms. The number of carbonyl (C=O) groups excluding carboxylic acids is 2. The van der Waals surface area contributed by atoms with E-state index in [0.717, 1.165) is 11.1 Å². The summed E-state index contributed by atoms with van der Waals surface area (Å²) in [7, 11) is 0. The minimum absolute atomic E-state index is 0.0896. The van der Waals surface area contributed by atoms with E-state index in [9.17, 15) is 14.4 Å². The third-order valence-electron chi connectivity index (χ3n) is 4.71. The average molecular weight is 405 g/mol. The van der Waals surface area contributed by atoms with Crippen LogP contribution in [0, 0.1) is 13.8 Å². The standard InChI is InChI=1S/C23H23N3O4/c1-14-8-9-20(12-15(14)2)26-22(28)11-10-21(25-26)30-17(4)23(29)24-19-7-5-6-18(13-19)16(3)27/h5-13,17H,1-4H3,(H,24,29)/t17-/m1/s1. The quantitative estimate of drug-likeness (QED) is 0.635. The van der Waals surface area contributed by atoms with Crippen molar-refractivity contribution in [1.82, 2.24) is 9.78 Å². The van der Waals surface area contributed by atoms with Crippen LogP contribution in [0.3, 0.4) is 0 Å². The smallest absolute Gasteiger partial charge is 0.271 e. The fourth-order valence-electron chi connectivity index (χ4n) is 2.79. The number of rotatable bonds is 6. The molecule has 2 aromatic carbocycles. The van der Waals surface area contributed by atoms with Crippen LogP contribution in [0.4, 0.5) is 5.69 Å². The van der Waals surface area contributed by atoms with Gasteiger partial charge in [0.15, 0.2) is 11.9 Å². The Kier molecular flexibility index (Phi) is 6.11. The lowest BCUT2D eigenvalue weighted by Gasteiger charge is -2.15. The number of ether oxygens (including phenoxy) is 1. The summed E-state index contributed by atoms with van der Waals surface area (Å²) in [6, 6.07) is 15.0. The zero-order valence-corrected chi connectivity index (χ0v) is 17.3. The highest BCUT2D eigenvalue weighted by Gasteiger charge is 2.17. The largest absolute Gasteiger partial charge is 0.463 e. The molecule has 1 heterocycles. The summed E-state index contributed by atoms with van der Waals surface area (Å²) in [5.41, 5.74) is 3.46. The van der Waals surface area contributed by atoms with Gasteiger partial charge in [0, 0.05) is 23.4 Å². The monoisotopic (exact) mass is 405 g/mol. The van der Waals surface area contributed by atoms with E-state index in [1.807, 2.05) is 26.0 Å². The number of hydrogen-bond acceptors (Lipinski definition) is 5. The minimum Gasteiger partial charge on any atom is -0.463 e. The van der Waals surface area contributed by atoms with Gasteiger partial charge in [-0.25, -0.2) is 0 Å². The molecule has 3 aromatic rings. The molecule has 0 aliphatic carbocycles. The van der Waals surface area contributed by atoms with E-state index in [-0.39, 0.29) is 17.2 Å². The summed E-state index contributed by atoms with van der Waals surface area (Å²) < 4.78 is 6.89. The molecule has 0 bridgehead atoms. The zero-order valence-electron chi connectivity index (χ0n) is 17.3. The molecular formula is C23H23N3O4. The number of carbonyl (C=O) groups is 2. The lowest BCUT2D eigenvalue weighted by atomic mass is 10.1. The Hall–Kier alpha value is -3.74. The van der Waals surface area contributed by atoms with E-state index in [2.05, 4.69) is 10.4 Å². The van der Waals surface area contributed by atoms with Gasteiger partial charge in [0.1, 0.15) is 0 Å². The molecule has 1 atom stereocenters. The summed E-state index contributed by atoms with van der Waals surface area (Å²) in [6.45, 7) is 6.99. The number of anilines is 1. The number of Topliss-reactive ketones (excluding diaryl/α,β-unsaturated/α-hetero) is 1. The van der Waals surface area contributed by atoms with Gasteiger partial charge in [-0.05, 0) is 63.1 Å². The van der Waals surface area contributed by atoms with Gasteiger partial charge in [-0.1, -0.05) is 18.2 Å². The number of nitrogens with one attached hydrogen (secondary N) is 1. The molecule has 7 nitrogen and oxygen atoms in total. The number of amides is 1. The van der Waals surface area contributed by atoms with Crippen molar-refractivity contribution in [2.45, 2.75) is 33.8 Å². The maximum absolute atomic E-state index is 12.5. The summed E-state index contributed by atoms with van der Waals surface area (Å²) in [5, 5.41) is 6.95. The third-order valence-corrected chi connectivity index (χ3v) is 4.71. The molecule has 0 aliphatic heterocycles. The topological polar surface area (TPSA) is 90.3 Å². The van der Waals surface area contributed by atoms with Gasteiger partial charge in [-0.3, -0.25) is 14.4 Å². The van der Waals surface area contributed by atoms with Crippen LogP contribution in [0.2, 0.25) is 0 Å². The van der Waals surface area contributed by atoms with Crippen molar-refractivity contribution >= 4 is 17.4 Å². The van der Waals surface area contributed by atoms with Gasteiger partial charge in [0.2, 0.25) is 5.88 Å². The van der Waals surface area contributed by atoms with Crippen molar-refractivity contribution in [1.29, 1.82) is 0 Å². The van der Waals surface area contributed by atoms with E-state index in [4.69, 9.17) is 4.74 Å². The molecule has 1 amide bonds. The molecule has 1 aromatic heterocycles. The van der Waals surface area contributed by atoms with Crippen LogP contribution in [0.25, 0.3) is 5.69 Å². The van der Waals surface area contributed by atoms with Crippen LogP contribution < -0.4 is 15.6 Å². The average Bonchev–Trinajstić information content (AvgIpc) is 2.71. The normalized spacial score (nSPS) is 11.6. The Morgan fingerprint density at radius 1 is 1.03 bits per heavy atom. The maximum Gasteiger partial charge on any atom is 0.271 e. The molecule has 0 saturated carbocycles. The highest BCUT2D eigenvalue weighted by Crippen LogP contribution is 2.15. The predicted octanol–water partition coefficient (Wildman–Crippen LogP) is 3.46. The number of ketones is 1. The second-order valence-electron chi connectivity index (χ2n) is 7.08. The number of nitrogens with zero attached hydrogens (tertiary/aromatic N) is 2. The Balaban J connectivity index is 1.76. The molecule has 0 unspecified atom stereocenters. The van der Waals surface area contributed by atoms with Crippen molar-refractivity contribution in [2.24, 2.45) is 0 Å². The van der Waals surface area contributed by atoms with Gasteiger partial charge in [-0.2, -0.15) is 4.68 Å². The van der Waals surface area contributed by atoms with Gasteiger partial charge in [0.05, 0.1) is 5.69 Å². The van der Waals surface area contributed by atoms with Gasteiger partial charge < -0.3 is 10.1 Å². The molecular weight excluding hydrogens is 382 g/mol. The Morgan fingerprint density at radius 3 is 2.50 bits per heavy atom. The molecule has 3 rings (SSSR count). The van der Waals surface area contributed by atoms with Gasteiger partial charge in [-0.15, -0.1) is 5.10 Å². The van der Waals surface area contributed by atoms with Crippen LogP contribution in [0.1, 0.15) is 35.3 Å².